The fourth-order valence-electron chi connectivity index (χ4n) is 7.13. The normalized spacial score (nSPS) is 18.0. The Labute approximate surface area is 268 Å². The Balaban J connectivity index is 1.10. The second-order valence-corrected chi connectivity index (χ2v) is 13.3. The molecule has 2 fully saturated rings. The van der Waals surface area contributed by atoms with E-state index in [1.807, 2.05) is 62.4 Å². The van der Waals surface area contributed by atoms with Crippen LogP contribution in [0.5, 0.6) is 5.88 Å². The number of rotatable bonds is 12. The van der Waals surface area contributed by atoms with Crippen LogP contribution in [0, 0.1) is 23.6 Å². The topological polar surface area (TPSA) is 98.1 Å². The number of aromatic nitrogens is 3. The average molecular weight is 622 g/mol. The molecule has 2 heterocycles. The van der Waals surface area contributed by atoms with E-state index in [1.165, 1.54) is 12.3 Å². The molecule has 2 amide bonds. The molecule has 0 spiro atoms. The first-order chi connectivity index (χ1) is 22.4. The summed E-state index contributed by atoms with van der Waals surface area (Å²) in [5, 5.41) is 10.6. The Bertz CT molecular complexity index is 1720. The zero-order chi connectivity index (χ0) is 31.8. The molecule has 2 aromatic heterocycles. The van der Waals surface area contributed by atoms with Crippen LogP contribution in [-0.4, -0.2) is 32.6 Å². The quantitative estimate of drug-likeness (QED) is 0.181. The van der Waals surface area contributed by atoms with Gasteiger partial charge in [-0.25, -0.2) is 9.37 Å². The van der Waals surface area contributed by atoms with Crippen LogP contribution in [-0.2, 0) is 17.8 Å². The molecule has 3 aliphatic carbocycles. The van der Waals surface area contributed by atoms with Crippen LogP contribution in [0.3, 0.4) is 0 Å². The number of nitrogens with zero attached hydrogens (tertiary/aromatic N) is 3. The van der Waals surface area contributed by atoms with Gasteiger partial charge < -0.3 is 15.4 Å². The molecule has 9 heteroatoms. The first-order valence-corrected chi connectivity index (χ1v) is 16.5. The van der Waals surface area contributed by atoms with Gasteiger partial charge in [-0.05, 0) is 111 Å². The molecule has 0 bridgehead atoms. The van der Waals surface area contributed by atoms with Crippen molar-refractivity contribution in [3.8, 4) is 5.88 Å². The summed E-state index contributed by atoms with van der Waals surface area (Å²) in [7, 11) is 0. The van der Waals surface area contributed by atoms with E-state index in [0.717, 1.165) is 60.8 Å². The molecule has 2 aromatic carbocycles. The molecule has 2 N–H and O–H groups in total. The summed E-state index contributed by atoms with van der Waals surface area (Å²) >= 11 is 0. The monoisotopic (exact) mass is 621 g/mol. The molecule has 46 heavy (non-hydrogen) atoms. The maximum absolute atomic E-state index is 14.5. The van der Waals surface area contributed by atoms with Crippen molar-refractivity contribution in [2.45, 2.75) is 77.0 Å². The van der Waals surface area contributed by atoms with Gasteiger partial charge in [0.25, 0.3) is 5.91 Å². The highest BCUT2D eigenvalue weighted by molar-refractivity contribution is 6.01. The number of benzene rings is 2. The van der Waals surface area contributed by atoms with Crippen LogP contribution in [0.15, 0.2) is 73.1 Å². The number of hydrogen-bond acceptors (Lipinski definition) is 5. The van der Waals surface area contributed by atoms with Gasteiger partial charge in [0.15, 0.2) is 0 Å². The van der Waals surface area contributed by atoms with E-state index in [9.17, 15) is 14.0 Å². The summed E-state index contributed by atoms with van der Waals surface area (Å²) in [6.07, 6.45) is 8.76. The fourth-order valence-corrected chi connectivity index (χ4v) is 7.13. The van der Waals surface area contributed by atoms with Crippen molar-refractivity contribution in [3.05, 3.63) is 107 Å². The van der Waals surface area contributed by atoms with Crippen molar-refractivity contribution in [1.82, 2.24) is 20.1 Å². The van der Waals surface area contributed by atoms with Crippen LogP contribution < -0.4 is 15.4 Å². The summed E-state index contributed by atoms with van der Waals surface area (Å²) in [6.45, 7) is 4.30. The lowest BCUT2D eigenvalue weighted by Crippen LogP contribution is -2.50. The van der Waals surface area contributed by atoms with Gasteiger partial charge in [-0.3, -0.25) is 14.3 Å². The Morgan fingerprint density at radius 3 is 2.46 bits per heavy atom. The van der Waals surface area contributed by atoms with Crippen LogP contribution in [0.25, 0.3) is 0 Å². The van der Waals surface area contributed by atoms with E-state index in [-0.39, 0.29) is 29.7 Å². The summed E-state index contributed by atoms with van der Waals surface area (Å²) in [5.74, 6) is 0.536. The highest BCUT2D eigenvalue weighted by atomic mass is 19.1. The molecule has 4 aromatic rings. The molecule has 1 unspecified atom stereocenters. The third kappa shape index (κ3) is 6.41. The van der Waals surface area contributed by atoms with E-state index in [4.69, 9.17) is 4.74 Å². The number of pyridine rings is 1. The summed E-state index contributed by atoms with van der Waals surface area (Å²) in [6, 6.07) is 18.4. The first kappa shape index (κ1) is 30.1. The first-order valence-electron chi connectivity index (χ1n) is 16.5. The molecule has 8 nitrogen and oxygen atoms in total. The van der Waals surface area contributed by atoms with E-state index >= 15 is 0 Å². The summed E-state index contributed by atoms with van der Waals surface area (Å²) < 4.78 is 22.2. The number of ether oxygens (including phenoxy) is 1. The summed E-state index contributed by atoms with van der Waals surface area (Å²) in [5.41, 5.74) is 5.07. The SMILES string of the molecule is CC(C)n1nccc1C(=O)N[C@H](C(=O)Nc1ccc2c(c1)CCC2c1cc(F)cnc1OCc1ccccc1)C(C1CC1)C1CC1. The molecule has 0 radical (unpaired) electrons. The standard InChI is InChI=1S/C37H40FN5O3/c1-22(2)43-32(16-17-40-43)35(44)42-34(33(24-8-9-24)25-10-11-25)36(45)41-28-13-15-29-26(18-28)12-14-30(29)31-19-27(38)20-39-37(31)46-21-23-6-4-3-5-7-23/h3-7,13,15-20,22,24-25,30,33-34H,8-12,14,21H2,1-2H3,(H,41,45)(H,42,44)/t30?,34-/m0/s1. The van der Waals surface area contributed by atoms with Crippen molar-refractivity contribution in [2.24, 2.45) is 17.8 Å². The molecular weight excluding hydrogens is 581 g/mol. The minimum absolute atomic E-state index is 0.0237. The molecular formula is C37H40FN5O3. The lowest BCUT2D eigenvalue weighted by atomic mass is 9.88. The molecule has 238 valence electrons. The highest BCUT2D eigenvalue weighted by Crippen LogP contribution is 2.51. The molecule has 7 rings (SSSR count). The number of hydrogen-bond donors (Lipinski definition) is 2. The number of aryl methyl sites for hydroxylation is 1. The molecule has 3 aliphatic rings. The molecule has 0 aliphatic heterocycles. The largest absolute Gasteiger partial charge is 0.473 e. The Morgan fingerprint density at radius 1 is 0.978 bits per heavy atom. The predicted octanol–water partition coefficient (Wildman–Crippen LogP) is 6.83. The van der Waals surface area contributed by atoms with Crippen molar-refractivity contribution in [2.75, 3.05) is 5.32 Å². The van der Waals surface area contributed by atoms with E-state index in [1.54, 1.807) is 16.9 Å². The summed E-state index contributed by atoms with van der Waals surface area (Å²) in [4.78, 5) is 31.8. The Kier molecular flexibility index (Phi) is 8.32. The maximum atomic E-state index is 14.5. The zero-order valence-corrected chi connectivity index (χ0v) is 26.3. The molecule has 2 atom stereocenters. The number of carbonyl (C=O) groups is 2. The molecule has 2 saturated carbocycles. The highest BCUT2D eigenvalue weighted by Gasteiger charge is 2.48. The van der Waals surface area contributed by atoms with Gasteiger partial charge in [-0.1, -0.05) is 36.4 Å². The number of halogens is 1. The van der Waals surface area contributed by atoms with Crippen molar-refractivity contribution in [1.29, 1.82) is 0 Å². The smallest absolute Gasteiger partial charge is 0.270 e. The third-order valence-corrected chi connectivity index (χ3v) is 9.61. The van der Waals surface area contributed by atoms with Crippen LogP contribution in [0.4, 0.5) is 10.1 Å². The zero-order valence-electron chi connectivity index (χ0n) is 26.3. The minimum atomic E-state index is -0.633. The maximum Gasteiger partial charge on any atom is 0.270 e. The Morgan fingerprint density at radius 2 is 1.74 bits per heavy atom. The fraction of sp³-hybridized carbons (Fsp3) is 0.405. The lowest BCUT2D eigenvalue weighted by molar-refractivity contribution is -0.119. The Hall–Kier alpha value is -4.53. The van der Waals surface area contributed by atoms with Gasteiger partial charge in [0.1, 0.15) is 24.2 Å². The number of carbonyl (C=O) groups excluding carboxylic acids is 2. The van der Waals surface area contributed by atoms with Crippen molar-refractivity contribution >= 4 is 17.5 Å². The van der Waals surface area contributed by atoms with Gasteiger partial charge in [-0.15, -0.1) is 0 Å². The van der Waals surface area contributed by atoms with E-state index in [2.05, 4.69) is 20.7 Å². The minimum Gasteiger partial charge on any atom is -0.473 e. The number of anilines is 1. The van der Waals surface area contributed by atoms with Crippen LogP contribution in [0.2, 0.25) is 0 Å². The van der Waals surface area contributed by atoms with E-state index in [0.29, 0.717) is 35.7 Å². The van der Waals surface area contributed by atoms with Gasteiger partial charge in [0, 0.05) is 29.4 Å². The number of amides is 2. The van der Waals surface area contributed by atoms with Crippen molar-refractivity contribution < 1.29 is 18.7 Å². The average Bonchev–Trinajstić information content (AvgIpc) is 3.98. The second kappa shape index (κ2) is 12.7. The lowest BCUT2D eigenvalue weighted by Gasteiger charge is -2.28. The van der Waals surface area contributed by atoms with Gasteiger partial charge in [0.05, 0.1) is 6.20 Å². The second-order valence-electron chi connectivity index (χ2n) is 13.3. The van der Waals surface area contributed by atoms with Gasteiger partial charge >= 0.3 is 0 Å². The molecule has 0 saturated heterocycles. The number of fused-ring (bicyclic) bond motifs is 1. The third-order valence-electron chi connectivity index (χ3n) is 9.61. The predicted molar refractivity (Wildman–Crippen MR) is 173 cm³/mol. The van der Waals surface area contributed by atoms with Crippen LogP contribution >= 0.6 is 0 Å². The van der Waals surface area contributed by atoms with Gasteiger partial charge in [0.2, 0.25) is 11.8 Å². The number of nitrogens with one attached hydrogen (secondary N) is 2. The van der Waals surface area contributed by atoms with Crippen LogP contribution in [0.1, 0.15) is 90.7 Å². The van der Waals surface area contributed by atoms with Crippen molar-refractivity contribution in [3.63, 3.8) is 0 Å². The van der Waals surface area contributed by atoms with Gasteiger partial charge in [-0.2, -0.15) is 5.10 Å². The van der Waals surface area contributed by atoms with E-state index < -0.39 is 11.9 Å².